The van der Waals surface area contributed by atoms with Crippen molar-refractivity contribution in [3.63, 3.8) is 0 Å². The van der Waals surface area contributed by atoms with Crippen molar-refractivity contribution >= 4 is 22.6 Å². The first-order valence-corrected chi connectivity index (χ1v) is 7.53. The topological polar surface area (TPSA) is 42.2 Å². The standard InChI is InChI=1S/C13H20N4S/c1-8(2)12-10(7-17(3)16-12)15-13-14-6-11(18-13)9-4-5-9/h7-9,11H,4-6H2,1-3H3,(H,14,15). The van der Waals surface area contributed by atoms with Crippen molar-refractivity contribution in [1.29, 1.82) is 0 Å². The summed E-state index contributed by atoms with van der Waals surface area (Å²) in [4.78, 5) is 4.61. The van der Waals surface area contributed by atoms with Gasteiger partial charge >= 0.3 is 0 Å². The number of amidine groups is 1. The van der Waals surface area contributed by atoms with Crippen molar-refractivity contribution in [2.24, 2.45) is 18.0 Å². The Labute approximate surface area is 112 Å². The fraction of sp³-hybridized carbons (Fsp3) is 0.692. The van der Waals surface area contributed by atoms with Crippen molar-refractivity contribution < 1.29 is 0 Å². The van der Waals surface area contributed by atoms with E-state index in [0.717, 1.165) is 29.0 Å². The van der Waals surface area contributed by atoms with Gasteiger partial charge in [0, 0.05) is 18.5 Å². The van der Waals surface area contributed by atoms with Gasteiger partial charge in [-0.05, 0) is 24.7 Å². The Bertz CT molecular complexity index is 473. The van der Waals surface area contributed by atoms with Gasteiger partial charge in [0.2, 0.25) is 0 Å². The van der Waals surface area contributed by atoms with E-state index in [0.29, 0.717) is 11.2 Å². The molecule has 0 amide bonds. The van der Waals surface area contributed by atoms with E-state index in [1.807, 2.05) is 29.7 Å². The Morgan fingerprint density at radius 2 is 2.22 bits per heavy atom. The van der Waals surface area contributed by atoms with E-state index in [1.54, 1.807) is 0 Å². The van der Waals surface area contributed by atoms with Crippen LogP contribution in [-0.4, -0.2) is 26.7 Å². The maximum atomic E-state index is 4.61. The third-order valence-electron chi connectivity index (χ3n) is 3.47. The molecule has 1 saturated carbocycles. The van der Waals surface area contributed by atoms with Gasteiger partial charge < -0.3 is 5.32 Å². The Morgan fingerprint density at radius 3 is 2.89 bits per heavy atom. The maximum Gasteiger partial charge on any atom is 0.161 e. The van der Waals surface area contributed by atoms with Crippen LogP contribution >= 0.6 is 11.8 Å². The number of hydrogen-bond donors (Lipinski definition) is 1. The molecule has 5 heteroatoms. The number of nitrogens with zero attached hydrogens (tertiary/aromatic N) is 3. The Hall–Kier alpha value is -0.970. The lowest BCUT2D eigenvalue weighted by Crippen LogP contribution is -2.09. The summed E-state index contributed by atoms with van der Waals surface area (Å²) in [5, 5.41) is 9.75. The molecular formula is C13H20N4S. The van der Waals surface area contributed by atoms with E-state index in [4.69, 9.17) is 0 Å². The minimum absolute atomic E-state index is 0.430. The third-order valence-corrected chi connectivity index (χ3v) is 4.76. The van der Waals surface area contributed by atoms with Crippen LogP contribution in [0.1, 0.15) is 38.3 Å². The molecule has 98 valence electrons. The predicted octanol–water partition coefficient (Wildman–Crippen LogP) is 2.84. The van der Waals surface area contributed by atoms with Crippen molar-refractivity contribution in [3.05, 3.63) is 11.9 Å². The second-order valence-corrected chi connectivity index (χ2v) is 6.75. The van der Waals surface area contributed by atoms with Crippen molar-refractivity contribution in [1.82, 2.24) is 9.78 Å². The molecule has 18 heavy (non-hydrogen) atoms. The molecule has 0 bridgehead atoms. The molecule has 0 saturated heterocycles. The zero-order chi connectivity index (χ0) is 12.7. The molecule has 0 spiro atoms. The molecule has 4 nitrogen and oxygen atoms in total. The lowest BCUT2D eigenvalue weighted by molar-refractivity contribution is 0.713. The minimum Gasteiger partial charge on any atom is -0.332 e. The molecule has 2 heterocycles. The normalized spacial score (nSPS) is 23.6. The van der Waals surface area contributed by atoms with Gasteiger partial charge in [0.05, 0.1) is 17.9 Å². The van der Waals surface area contributed by atoms with E-state index >= 15 is 0 Å². The average Bonchev–Trinajstić information content (AvgIpc) is 2.95. The summed E-state index contributed by atoms with van der Waals surface area (Å²) in [7, 11) is 1.97. The zero-order valence-corrected chi connectivity index (χ0v) is 12.0. The van der Waals surface area contributed by atoms with Crippen LogP contribution in [0.2, 0.25) is 0 Å². The summed E-state index contributed by atoms with van der Waals surface area (Å²) >= 11 is 1.91. The van der Waals surface area contributed by atoms with Gasteiger partial charge in [0.15, 0.2) is 5.17 Å². The quantitative estimate of drug-likeness (QED) is 0.913. The highest BCUT2D eigenvalue weighted by atomic mass is 32.2. The molecule has 1 aliphatic carbocycles. The lowest BCUT2D eigenvalue weighted by atomic mass is 10.1. The van der Waals surface area contributed by atoms with Crippen LogP contribution in [0.25, 0.3) is 0 Å². The molecule has 3 rings (SSSR count). The number of aliphatic imine (C=N–C) groups is 1. The van der Waals surface area contributed by atoms with Gasteiger partial charge in [-0.25, -0.2) is 0 Å². The fourth-order valence-electron chi connectivity index (χ4n) is 2.32. The summed E-state index contributed by atoms with van der Waals surface area (Å²) < 4.78 is 1.87. The summed E-state index contributed by atoms with van der Waals surface area (Å²) in [5.74, 6) is 1.34. The van der Waals surface area contributed by atoms with Crippen LogP contribution < -0.4 is 5.32 Å². The zero-order valence-electron chi connectivity index (χ0n) is 11.2. The van der Waals surface area contributed by atoms with Crippen molar-refractivity contribution in [2.45, 2.75) is 37.9 Å². The van der Waals surface area contributed by atoms with E-state index in [1.165, 1.54) is 12.8 Å². The third kappa shape index (κ3) is 2.41. The minimum atomic E-state index is 0.430. The van der Waals surface area contributed by atoms with E-state index in [2.05, 4.69) is 29.3 Å². The number of anilines is 1. The predicted molar refractivity (Wildman–Crippen MR) is 77.3 cm³/mol. The molecular weight excluding hydrogens is 244 g/mol. The van der Waals surface area contributed by atoms with Crippen LogP contribution in [0.3, 0.4) is 0 Å². The highest BCUT2D eigenvalue weighted by Gasteiger charge is 2.35. The summed E-state index contributed by atoms with van der Waals surface area (Å²) in [6.07, 6.45) is 4.83. The molecule has 1 atom stereocenters. The summed E-state index contributed by atoms with van der Waals surface area (Å²) in [6, 6.07) is 0. The molecule has 0 radical (unpaired) electrons. The first-order chi connectivity index (χ1) is 8.63. The SMILES string of the molecule is CC(C)c1nn(C)cc1NC1=NCC(C2CC2)S1. The molecule has 1 unspecified atom stereocenters. The average molecular weight is 264 g/mol. The number of rotatable bonds is 3. The number of hydrogen-bond acceptors (Lipinski definition) is 4. The van der Waals surface area contributed by atoms with E-state index in [9.17, 15) is 0 Å². The smallest absolute Gasteiger partial charge is 0.161 e. The monoisotopic (exact) mass is 264 g/mol. The fourth-order valence-corrected chi connectivity index (χ4v) is 3.54. The first kappa shape index (κ1) is 12.1. The number of aromatic nitrogens is 2. The second kappa shape index (κ2) is 4.61. The highest BCUT2D eigenvalue weighted by Crippen LogP contribution is 2.42. The van der Waals surface area contributed by atoms with Gasteiger partial charge in [-0.2, -0.15) is 5.10 Å². The molecule has 1 N–H and O–H groups in total. The van der Waals surface area contributed by atoms with Crippen molar-refractivity contribution in [2.75, 3.05) is 11.9 Å². The summed E-state index contributed by atoms with van der Waals surface area (Å²) in [6.45, 7) is 5.32. The van der Waals surface area contributed by atoms with E-state index < -0.39 is 0 Å². The van der Waals surface area contributed by atoms with E-state index in [-0.39, 0.29) is 0 Å². The van der Waals surface area contributed by atoms with Crippen LogP contribution in [-0.2, 0) is 7.05 Å². The maximum absolute atomic E-state index is 4.61. The molecule has 1 aliphatic heterocycles. The Balaban J connectivity index is 1.69. The lowest BCUT2D eigenvalue weighted by Gasteiger charge is -2.09. The molecule has 1 aromatic rings. The van der Waals surface area contributed by atoms with Crippen LogP contribution in [0.15, 0.2) is 11.2 Å². The number of nitrogens with one attached hydrogen (secondary N) is 1. The van der Waals surface area contributed by atoms with Gasteiger partial charge in [0.25, 0.3) is 0 Å². The number of thioether (sulfide) groups is 1. The second-order valence-electron chi connectivity index (χ2n) is 5.52. The molecule has 0 aromatic carbocycles. The Kier molecular flexibility index (Phi) is 3.09. The largest absolute Gasteiger partial charge is 0.332 e. The molecule has 2 aliphatic rings. The van der Waals surface area contributed by atoms with Crippen LogP contribution in [0.4, 0.5) is 5.69 Å². The molecule has 1 fully saturated rings. The Morgan fingerprint density at radius 1 is 1.44 bits per heavy atom. The van der Waals surface area contributed by atoms with Gasteiger partial charge in [0.1, 0.15) is 0 Å². The van der Waals surface area contributed by atoms with Gasteiger partial charge in [-0.3, -0.25) is 9.67 Å². The highest BCUT2D eigenvalue weighted by molar-refractivity contribution is 8.15. The summed E-state index contributed by atoms with van der Waals surface area (Å²) in [5.41, 5.74) is 2.23. The van der Waals surface area contributed by atoms with Crippen LogP contribution in [0, 0.1) is 5.92 Å². The number of aryl methyl sites for hydroxylation is 1. The molecule has 1 aromatic heterocycles. The van der Waals surface area contributed by atoms with Crippen molar-refractivity contribution in [3.8, 4) is 0 Å². The first-order valence-electron chi connectivity index (χ1n) is 6.65. The van der Waals surface area contributed by atoms with Gasteiger partial charge in [-0.15, -0.1) is 0 Å². The van der Waals surface area contributed by atoms with Gasteiger partial charge in [-0.1, -0.05) is 25.6 Å². The van der Waals surface area contributed by atoms with Crippen LogP contribution in [0.5, 0.6) is 0 Å².